The van der Waals surface area contributed by atoms with E-state index in [1.807, 2.05) is 55.1 Å². The molecule has 34 heavy (non-hydrogen) atoms. The van der Waals surface area contributed by atoms with Gasteiger partial charge in [-0.25, -0.2) is 4.98 Å². The zero-order valence-corrected chi connectivity index (χ0v) is 20.6. The van der Waals surface area contributed by atoms with Crippen molar-refractivity contribution >= 4 is 51.7 Å². The summed E-state index contributed by atoms with van der Waals surface area (Å²) < 4.78 is 7.51. The maximum atomic E-state index is 13.6. The fourth-order valence-electron chi connectivity index (χ4n) is 4.03. The molecule has 174 valence electrons. The Hall–Kier alpha value is -3.01. The highest BCUT2D eigenvalue weighted by Crippen LogP contribution is 2.34. The maximum absolute atomic E-state index is 13.6. The summed E-state index contributed by atoms with van der Waals surface area (Å²) in [6, 6.07) is 11.8. The third-order valence-electron chi connectivity index (χ3n) is 5.91. The van der Waals surface area contributed by atoms with Gasteiger partial charge in [0.15, 0.2) is 0 Å². The number of pyridine rings is 1. The molecule has 2 aliphatic rings. The van der Waals surface area contributed by atoms with Crippen molar-refractivity contribution in [1.82, 2.24) is 14.3 Å². The van der Waals surface area contributed by atoms with Crippen molar-refractivity contribution in [3.63, 3.8) is 0 Å². The lowest BCUT2D eigenvalue weighted by molar-refractivity contribution is -0.122. The first-order valence-corrected chi connectivity index (χ1v) is 12.3. The van der Waals surface area contributed by atoms with Crippen LogP contribution in [0.5, 0.6) is 0 Å². The lowest BCUT2D eigenvalue weighted by Gasteiger charge is -2.29. The van der Waals surface area contributed by atoms with Crippen LogP contribution in [-0.4, -0.2) is 50.8 Å². The second-order valence-corrected chi connectivity index (χ2v) is 10.1. The van der Waals surface area contributed by atoms with Gasteiger partial charge < -0.3 is 9.64 Å². The summed E-state index contributed by atoms with van der Waals surface area (Å²) in [7, 11) is 0. The van der Waals surface area contributed by atoms with E-state index in [1.54, 1.807) is 17.2 Å². The fraction of sp³-hybridized carbons (Fsp3) is 0.280. The van der Waals surface area contributed by atoms with Gasteiger partial charge in [-0.15, -0.1) is 0 Å². The molecule has 3 aromatic rings. The Kier molecular flexibility index (Phi) is 6.24. The van der Waals surface area contributed by atoms with Gasteiger partial charge in [-0.1, -0.05) is 59.9 Å². The van der Waals surface area contributed by atoms with Crippen LogP contribution in [0.15, 0.2) is 52.3 Å². The number of hydrogen-bond donors (Lipinski definition) is 0. The summed E-state index contributed by atoms with van der Waals surface area (Å²) >= 11 is 6.74. The molecule has 5 rings (SSSR count). The van der Waals surface area contributed by atoms with Gasteiger partial charge in [0, 0.05) is 19.3 Å². The highest BCUT2D eigenvalue weighted by molar-refractivity contribution is 8.26. The lowest BCUT2D eigenvalue weighted by Crippen LogP contribution is -2.38. The lowest BCUT2D eigenvalue weighted by atomic mass is 10.1. The number of aryl methyl sites for hydroxylation is 2. The number of anilines is 1. The number of carbonyl (C=O) groups is 1. The van der Waals surface area contributed by atoms with Crippen molar-refractivity contribution in [3.8, 4) is 0 Å². The summed E-state index contributed by atoms with van der Waals surface area (Å²) in [5.74, 6) is 0.373. The van der Waals surface area contributed by atoms with Crippen molar-refractivity contribution < 1.29 is 9.53 Å². The Morgan fingerprint density at radius 1 is 1.06 bits per heavy atom. The Morgan fingerprint density at radius 2 is 1.76 bits per heavy atom. The molecule has 0 N–H and O–H groups in total. The van der Waals surface area contributed by atoms with E-state index in [2.05, 4.69) is 0 Å². The molecule has 1 aromatic carbocycles. The number of thiocarbonyl (C=S) groups is 1. The molecular formula is C25H24N4O3S2. The second kappa shape index (κ2) is 9.32. The van der Waals surface area contributed by atoms with Gasteiger partial charge >= 0.3 is 0 Å². The zero-order chi connectivity index (χ0) is 23.8. The standard InChI is InChI=1S/C25H24N4O3S2/c1-16-3-6-18(7-4-16)15-29-24(31)20(34-25(29)33)13-19-22(27-9-11-32-12-10-27)26-21-8-5-17(2)14-28(21)23(19)30/h3-8,13-14H,9-12,15H2,1-2H3/b20-13-. The molecule has 7 nitrogen and oxygen atoms in total. The maximum Gasteiger partial charge on any atom is 0.267 e. The van der Waals surface area contributed by atoms with E-state index in [-0.39, 0.29) is 11.5 Å². The minimum atomic E-state index is -0.209. The molecule has 1 amide bonds. The molecule has 0 radical (unpaired) electrons. The second-order valence-electron chi connectivity index (χ2n) is 8.44. The van der Waals surface area contributed by atoms with Gasteiger partial charge in [0.05, 0.1) is 30.2 Å². The highest BCUT2D eigenvalue weighted by atomic mass is 32.2. The van der Waals surface area contributed by atoms with Gasteiger partial charge in [-0.2, -0.15) is 0 Å². The quantitative estimate of drug-likeness (QED) is 0.408. The first-order valence-electron chi connectivity index (χ1n) is 11.1. The van der Waals surface area contributed by atoms with Crippen molar-refractivity contribution in [2.75, 3.05) is 31.2 Å². The number of thioether (sulfide) groups is 1. The van der Waals surface area contributed by atoms with Crippen LogP contribution in [-0.2, 0) is 16.1 Å². The predicted molar refractivity (Wildman–Crippen MR) is 139 cm³/mol. The molecule has 9 heteroatoms. The van der Waals surface area contributed by atoms with Crippen LogP contribution in [0.1, 0.15) is 22.3 Å². The fourth-order valence-corrected chi connectivity index (χ4v) is 5.27. The Labute approximate surface area is 207 Å². The molecule has 0 bridgehead atoms. The molecule has 2 aromatic heterocycles. The molecule has 0 spiro atoms. The van der Waals surface area contributed by atoms with E-state index in [9.17, 15) is 9.59 Å². The molecule has 2 saturated heterocycles. The smallest absolute Gasteiger partial charge is 0.267 e. The number of nitrogens with zero attached hydrogens (tertiary/aromatic N) is 4. The Bertz CT molecular complexity index is 1380. The summed E-state index contributed by atoms with van der Waals surface area (Å²) in [5.41, 5.74) is 3.86. The monoisotopic (exact) mass is 492 g/mol. The third kappa shape index (κ3) is 4.38. The van der Waals surface area contributed by atoms with E-state index < -0.39 is 0 Å². The number of morpholine rings is 1. The molecule has 0 saturated carbocycles. The number of benzene rings is 1. The summed E-state index contributed by atoms with van der Waals surface area (Å²) in [4.78, 5) is 35.7. The highest BCUT2D eigenvalue weighted by Gasteiger charge is 2.33. The largest absolute Gasteiger partial charge is 0.378 e. The topological polar surface area (TPSA) is 67.2 Å². The number of amides is 1. The van der Waals surface area contributed by atoms with E-state index in [1.165, 1.54) is 16.2 Å². The van der Waals surface area contributed by atoms with Crippen LogP contribution >= 0.6 is 24.0 Å². The summed E-state index contributed by atoms with van der Waals surface area (Å²) in [5, 5.41) is 0. The third-order valence-corrected chi connectivity index (χ3v) is 7.28. The van der Waals surface area contributed by atoms with Crippen molar-refractivity contribution in [2.24, 2.45) is 0 Å². The van der Waals surface area contributed by atoms with Gasteiger partial charge in [-0.3, -0.25) is 18.9 Å². The number of ether oxygens (including phenoxy) is 1. The van der Waals surface area contributed by atoms with Gasteiger partial charge in [0.1, 0.15) is 15.8 Å². The Morgan fingerprint density at radius 3 is 2.50 bits per heavy atom. The number of aromatic nitrogens is 2. The van der Waals surface area contributed by atoms with E-state index >= 15 is 0 Å². The van der Waals surface area contributed by atoms with Crippen molar-refractivity contribution in [3.05, 3.63) is 80.1 Å². The Balaban J connectivity index is 1.56. The number of rotatable bonds is 4. The minimum Gasteiger partial charge on any atom is -0.378 e. The molecule has 0 atom stereocenters. The van der Waals surface area contributed by atoms with Gasteiger partial charge in [-0.05, 0) is 37.1 Å². The summed E-state index contributed by atoms with van der Waals surface area (Å²) in [6.07, 6.45) is 3.43. The average Bonchev–Trinajstić information content (AvgIpc) is 3.10. The average molecular weight is 493 g/mol. The minimum absolute atomic E-state index is 0.197. The van der Waals surface area contributed by atoms with Crippen LogP contribution in [0.25, 0.3) is 11.7 Å². The van der Waals surface area contributed by atoms with Crippen LogP contribution in [0, 0.1) is 13.8 Å². The number of carbonyl (C=O) groups excluding carboxylic acids is 1. The molecule has 0 aliphatic carbocycles. The first kappa shape index (κ1) is 22.8. The van der Waals surface area contributed by atoms with Gasteiger partial charge in [0.25, 0.3) is 11.5 Å². The molecule has 4 heterocycles. The van der Waals surface area contributed by atoms with E-state index in [0.717, 1.165) is 16.7 Å². The molecular weight excluding hydrogens is 468 g/mol. The van der Waals surface area contributed by atoms with Crippen molar-refractivity contribution in [1.29, 1.82) is 0 Å². The van der Waals surface area contributed by atoms with Gasteiger partial charge in [0.2, 0.25) is 0 Å². The number of fused-ring (bicyclic) bond motifs is 1. The van der Waals surface area contributed by atoms with Crippen LogP contribution in [0.3, 0.4) is 0 Å². The van der Waals surface area contributed by atoms with Crippen LogP contribution in [0.2, 0.25) is 0 Å². The number of hydrogen-bond acceptors (Lipinski definition) is 7. The van der Waals surface area contributed by atoms with Crippen molar-refractivity contribution in [2.45, 2.75) is 20.4 Å². The van der Waals surface area contributed by atoms with Crippen LogP contribution in [0.4, 0.5) is 5.82 Å². The van der Waals surface area contributed by atoms with E-state index in [4.69, 9.17) is 21.9 Å². The SMILES string of the molecule is Cc1ccc(CN2C(=O)/C(=C/c3c(N4CCOCC4)nc4ccc(C)cn4c3=O)SC2=S)cc1. The predicted octanol–water partition coefficient (Wildman–Crippen LogP) is 3.55. The molecule has 0 unspecified atom stereocenters. The van der Waals surface area contributed by atoms with E-state index in [0.29, 0.717) is 59.1 Å². The first-order chi connectivity index (χ1) is 16.4. The normalized spacial score (nSPS) is 17.9. The summed E-state index contributed by atoms with van der Waals surface area (Å²) in [6.45, 7) is 6.73. The molecule has 2 aliphatic heterocycles. The van der Waals surface area contributed by atoms with Crippen LogP contribution < -0.4 is 10.5 Å². The zero-order valence-electron chi connectivity index (χ0n) is 19.0. The molecule has 2 fully saturated rings.